The Morgan fingerprint density at radius 3 is 3.00 bits per heavy atom. The van der Waals surface area contributed by atoms with E-state index in [4.69, 9.17) is 15.4 Å². The summed E-state index contributed by atoms with van der Waals surface area (Å²) in [6, 6.07) is 7.25. The van der Waals surface area contributed by atoms with Crippen LogP contribution in [0, 0.1) is 0 Å². The summed E-state index contributed by atoms with van der Waals surface area (Å²) in [4.78, 5) is 4.13. The Morgan fingerprint density at radius 2 is 2.29 bits per heavy atom. The van der Waals surface area contributed by atoms with Crippen molar-refractivity contribution < 1.29 is 9.63 Å². The van der Waals surface area contributed by atoms with Crippen LogP contribution in [0.2, 0.25) is 0 Å². The third-order valence-electron chi connectivity index (χ3n) is 2.25. The third kappa shape index (κ3) is 3.12. The first kappa shape index (κ1) is 12.2. The maximum atomic E-state index is 8.86. The van der Waals surface area contributed by atoms with E-state index in [0.29, 0.717) is 12.2 Å². The minimum atomic E-state index is -0.612. The van der Waals surface area contributed by atoms with Crippen molar-refractivity contribution in [3.8, 4) is 0 Å². The number of rotatable bonds is 4. The van der Waals surface area contributed by atoms with Crippen molar-refractivity contribution in [3.05, 3.63) is 46.0 Å². The summed E-state index contributed by atoms with van der Waals surface area (Å²) in [5.41, 5.74) is 6.64. The maximum absolute atomic E-state index is 8.86. The fraction of sp³-hybridized carbons (Fsp3) is 0.273. The highest BCUT2D eigenvalue weighted by Gasteiger charge is 2.13. The van der Waals surface area contributed by atoms with Gasteiger partial charge in [-0.1, -0.05) is 33.2 Å². The SMILES string of the molecule is N[C@@H](CO)c1nc(Cc2cccc(Br)c2)no1. The summed E-state index contributed by atoms with van der Waals surface area (Å²) in [6.45, 7) is -0.210. The highest BCUT2D eigenvalue weighted by molar-refractivity contribution is 9.10. The Morgan fingerprint density at radius 1 is 1.47 bits per heavy atom. The fourth-order valence-corrected chi connectivity index (χ4v) is 1.84. The van der Waals surface area contributed by atoms with Gasteiger partial charge in [-0.25, -0.2) is 0 Å². The second-order valence-corrected chi connectivity index (χ2v) is 4.56. The standard InChI is InChI=1S/C11H12BrN3O2/c12-8-3-1-2-7(4-8)5-10-14-11(17-15-10)9(13)6-16/h1-4,9,16H,5-6,13H2/t9-/m0/s1. The molecule has 0 saturated carbocycles. The van der Waals surface area contributed by atoms with Crippen LogP contribution >= 0.6 is 15.9 Å². The van der Waals surface area contributed by atoms with Crippen LogP contribution in [0.25, 0.3) is 0 Å². The molecule has 1 aromatic heterocycles. The second-order valence-electron chi connectivity index (χ2n) is 3.64. The average molecular weight is 298 g/mol. The fourth-order valence-electron chi connectivity index (χ4n) is 1.40. The lowest BCUT2D eigenvalue weighted by Crippen LogP contribution is -2.14. The van der Waals surface area contributed by atoms with Gasteiger partial charge >= 0.3 is 0 Å². The molecule has 5 nitrogen and oxygen atoms in total. The smallest absolute Gasteiger partial charge is 0.245 e. The molecule has 0 amide bonds. The zero-order valence-electron chi connectivity index (χ0n) is 9.01. The normalized spacial score (nSPS) is 12.6. The molecule has 90 valence electrons. The van der Waals surface area contributed by atoms with Gasteiger partial charge in [-0.05, 0) is 17.7 Å². The van der Waals surface area contributed by atoms with Gasteiger partial charge in [-0.2, -0.15) is 4.98 Å². The Kier molecular flexibility index (Phi) is 3.88. The predicted molar refractivity (Wildman–Crippen MR) is 65.3 cm³/mol. The van der Waals surface area contributed by atoms with E-state index in [1.165, 1.54) is 0 Å². The first-order valence-corrected chi connectivity index (χ1v) is 5.91. The van der Waals surface area contributed by atoms with Gasteiger partial charge in [0.25, 0.3) is 0 Å². The zero-order valence-corrected chi connectivity index (χ0v) is 10.6. The number of hydrogen-bond donors (Lipinski definition) is 2. The molecule has 2 aromatic rings. The van der Waals surface area contributed by atoms with Crippen LogP contribution in [-0.4, -0.2) is 21.9 Å². The van der Waals surface area contributed by atoms with Gasteiger partial charge in [0, 0.05) is 10.9 Å². The Balaban J connectivity index is 2.11. The summed E-state index contributed by atoms with van der Waals surface area (Å²) in [7, 11) is 0. The number of hydrogen-bond acceptors (Lipinski definition) is 5. The van der Waals surface area contributed by atoms with Gasteiger partial charge in [0.15, 0.2) is 5.82 Å². The number of aliphatic hydroxyl groups is 1. The van der Waals surface area contributed by atoms with E-state index in [9.17, 15) is 0 Å². The van der Waals surface area contributed by atoms with Gasteiger partial charge < -0.3 is 15.4 Å². The molecule has 1 aromatic carbocycles. The Bertz CT molecular complexity index is 501. The molecule has 0 spiro atoms. The lowest BCUT2D eigenvalue weighted by atomic mass is 10.1. The van der Waals surface area contributed by atoms with Crippen LogP contribution in [0.3, 0.4) is 0 Å². The maximum Gasteiger partial charge on any atom is 0.245 e. The van der Waals surface area contributed by atoms with Crippen molar-refractivity contribution in [1.82, 2.24) is 10.1 Å². The van der Waals surface area contributed by atoms with E-state index in [1.807, 2.05) is 24.3 Å². The van der Waals surface area contributed by atoms with Crippen LogP contribution < -0.4 is 5.73 Å². The largest absolute Gasteiger partial charge is 0.394 e. The number of aromatic nitrogens is 2. The quantitative estimate of drug-likeness (QED) is 0.891. The molecular formula is C11H12BrN3O2. The first-order valence-electron chi connectivity index (χ1n) is 5.12. The Labute approximate surface area is 107 Å². The number of nitrogens with two attached hydrogens (primary N) is 1. The van der Waals surface area contributed by atoms with E-state index >= 15 is 0 Å². The molecule has 0 aliphatic heterocycles. The molecule has 0 fully saturated rings. The van der Waals surface area contributed by atoms with Crippen LogP contribution in [0.4, 0.5) is 0 Å². The van der Waals surface area contributed by atoms with E-state index < -0.39 is 6.04 Å². The summed E-state index contributed by atoms with van der Waals surface area (Å²) >= 11 is 3.40. The van der Waals surface area contributed by atoms with E-state index in [1.54, 1.807) is 0 Å². The van der Waals surface area contributed by atoms with Crippen molar-refractivity contribution in [3.63, 3.8) is 0 Å². The number of halogens is 1. The lowest BCUT2D eigenvalue weighted by Gasteiger charge is -1.99. The average Bonchev–Trinajstić information content (AvgIpc) is 2.76. The monoisotopic (exact) mass is 297 g/mol. The third-order valence-corrected chi connectivity index (χ3v) is 2.74. The van der Waals surface area contributed by atoms with Crippen molar-refractivity contribution >= 4 is 15.9 Å². The molecule has 0 radical (unpaired) electrons. The number of benzene rings is 1. The number of nitrogens with zero attached hydrogens (tertiary/aromatic N) is 2. The van der Waals surface area contributed by atoms with Crippen molar-refractivity contribution in [2.45, 2.75) is 12.5 Å². The van der Waals surface area contributed by atoms with Gasteiger partial charge in [-0.3, -0.25) is 0 Å². The predicted octanol–water partition coefficient (Wildman–Crippen LogP) is 1.42. The Hall–Kier alpha value is -1.24. The van der Waals surface area contributed by atoms with E-state index in [0.717, 1.165) is 10.0 Å². The zero-order chi connectivity index (χ0) is 12.3. The topological polar surface area (TPSA) is 85.2 Å². The first-order chi connectivity index (χ1) is 8.19. The van der Waals surface area contributed by atoms with Gasteiger partial charge in [-0.15, -0.1) is 0 Å². The van der Waals surface area contributed by atoms with Crippen LogP contribution in [0.5, 0.6) is 0 Å². The molecule has 0 saturated heterocycles. The summed E-state index contributed by atoms with van der Waals surface area (Å²) in [5.74, 6) is 0.819. The molecule has 17 heavy (non-hydrogen) atoms. The summed E-state index contributed by atoms with van der Waals surface area (Å²) in [5, 5.41) is 12.7. The van der Waals surface area contributed by atoms with Crippen LogP contribution in [0.1, 0.15) is 23.3 Å². The minimum absolute atomic E-state index is 0.210. The van der Waals surface area contributed by atoms with Crippen LogP contribution in [0.15, 0.2) is 33.3 Å². The molecule has 1 heterocycles. The number of aliphatic hydroxyl groups excluding tert-OH is 1. The summed E-state index contributed by atoms with van der Waals surface area (Å²) in [6.07, 6.45) is 0.571. The van der Waals surface area contributed by atoms with Crippen LogP contribution in [-0.2, 0) is 6.42 Å². The molecule has 0 aliphatic rings. The molecule has 3 N–H and O–H groups in total. The highest BCUT2D eigenvalue weighted by atomic mass is 79.9. The molecule has 1 atom stereocenters. The molecule has 0 unspecified atom stereocenters. The minimum Gasteiger partial charge on any atom is -0.394 e. The summed E-state index contributed by atoms with van der Waals surface area (Å²) < 4.78 is 5.97. The van der Waals surface area contributed by atoms with Gasteiger partial charge in [0.2, 0.25) is 5.89 Å². The molecule has 6 heteroatoms. The highest BCUT2D eigenvalue weighted by Crippen LogP contribution is 2.15. The second kappa shape index (κ2) is 5.39. The van der Waals surface area contributed by atoms with E-state index in [2.05, 4.69) is 26.1 Å². The van der Waals surface area contributed by atoms with Crippen molar-refractivity contribution in [1.29, 1.82) is 0 Å². The van der Waals surface area contributed by atoms with Crippen molar-refractivity contribution in [2.75, 3.05) is 6.61 Å². The lowest BCUT2D eigenvalue weighted by molar-refractivity contribution is 0.236. The van der Waals surface area contributed by atoms with Gasteiger partial charge in [0.1, 0.15) is 6.04 Å². The van der Waals surface area contributed by atoms with Gasteiger partial charge in [0.05, 0.1) is 6.61 Å². The van der Waals surface area contributed by atoms with E-state index in [-0.39, 0.29) is 12.5 Å². The molecule has 0 bridgehead atoms. The molecular weight excluding hydrogens is 286 g/mol. The molecule has 2 rings (SSSR count). The molecule has 0 aliphatic carbocycles. The van der Waals surface area contributed by atoms with Crippen molar-refractivity contribution in [2.24, 2.45) is 5.73 Å².